The second kappa shape index (κ2) is 10.6. The van der Waals surface area contributed by atoms with E-state index < -0.39 is 19.6 Å². The molecule has 0 saturated heterocycles. The molecule has 3 N–H and O–H groups in total. The molecule has 0 aromatic heterocycles. The van der Waals surface area contributed by atoms with Crippen molar-refractivity contribution in [2.75, 3.05) is 6.61 Å². The van der Waals surface area contributed by atoms with Crippen molar-refractivity contribution in [2.24, 2.45) is 11.7 Å². The third-order valence-corrected chi connectivity index (χ3v) is 5.73. The van der Waals surface area contributed by atoms with Crippen molar-refractivity contribution in [3.05, 3.63) is 59.2 Å². The number of nitrogens with one attached hydrogen (secondary N) is 1. The van der Waals surface area contributed by atoms with Crippen LogP contribution in [0.5, 0.6) is 11.5 Å². The number of amides is 2. The SMILES string of the molecule is NC(=O)c1cc(CNC(=O)c2ccc(OP(=O)([O-])[O-])cc2)ccc1OCC1CCCCC1. The van der Waals surface area contributed by atoms with Crippen molar-refractivity contribution in [1.29, 1.82) is 0 Å². The van der Waals surface area contributed by atoms with Crippen LogP contribution < -0.4 is 30.1 Å². The Morgan fingerprint density at radius 1 is 1.06 bits per heavy atom. The molecule has 32 heavy (non-hydrogen) atoms. The van der Waals surface area contributed by atoms with Crippen LogP contribution in [0.3, 0.4) is 0 Å². The molecule has 0 spiro atoms. The van der Waals surface area contributed by atoms with Gasteiger partial charge < -0.3 is 34.7 Å². The molecule has 2 aromatic carbocycles. The van der Waals surface area contributed by atoms with E-state index in [9.17, 15) is 23.9 Å². The summed E-state index contributed by atoms with van der Waals surface area (Å²) in [6.45, 7) is 0.681. The molecule has 1 fully saturated rings. The lowest BCUT2D eigenvalue weighted by Crippen LogP contribution is -2.23. The monoisotopic (exact) mass is 460 g/mol. The largest absolute Gasteiger partial charge is 0.780 e. The molecule has 1 saturated carbocycles. The van der Waals surface area contributed by atoms with E-state index in [2.05, 4.69) is 9.84 Å². The van der Waals surface area contributed by atoms with Crippen LogP contribution in [0.4, 0.5) is 0 Å². The van der Waals surface area contributed by atoms with Gasteiger partial charge in [0.25, 0.3) is 11.8 Å². The first kappa shape index (κ1) is 23.8. The van der Waals surface area contributed by atoms with E-state index in [0.717, 1.165) is 12.8 Å². The molecular formula is C22H25N2O7P-2. The second-order valence-electron chi connectivity index (χ2n) is 7.76. The lowest BCUT2D eigenvalue weighted by Gasteiger charge is -2.28. The molecule has 0 aliphatic heterocycles. The van der Waals surface area contributed by atoms with Crippen LogP contribution in [0.1, 0.15) is 58.4 Å². The lowest BCUT2D eigenvalue weighted by molar-refractivity contribution is -0.333. The summed E-state index contributed by atoms with van der Waals surface area (Å²) < 4.78 is 20.7. The number of hydrogen-bond donors (Lipinski definition) is 2. The van der Waals surface area contributed by atoms with Gasteiger partial charge in [0.05, 0.1) is 12.2 Å². The van der Waals surface area contributed by atoms with Crippen LogP contribution in [0.25, 0.3) is 0 Å². The van der Waals surface area contributed by atoms with E-state index in [1.54, 1.807) is 18.2 Å². The van der Waals surface area contributed by atoms with Gasteiger partial charge in [-0.2, -0.15) is 0 Å². The minimum atomic E-state index is -5.16. The van der Waals surface area contributed by atoms with E-state index in [0.29, 0.717) is 23.8 Å². The molecule has 10 heteroatoms. The third-order valence-electron chi connectivity index (χ3n) is 5.30. The Bertz CT molecular complexity index is 998. The van der Waals surface area contributed by atoms with Crippen molar-refractivity contribution in [3.63, 3.8) is 0 Å². The van der Waals surface area contributed by atoms with Gasteiger partial charge in [-0.25, -0.2) is 0 Å². The summed E-state index contributed by atoms with van der Waals surface area (Å²) in [4.78, 5) is 45.5. The highest BCUT2D eigenvalue weighted by Gasteiger charge is 2.17. The van der Waals surface area contributed by atoms with Crippen molar-refractivity contribution in [3.8, 4) is 11.5 Å². The molecule has 1 aliphatic carbocycles. The van der Waals surface area contributed by atoms with Gasteiger partial charge in [0, 0.05) is 12.1 Å². The Balaban J connectivity index is 1.59. The smallest absolute Gasteiger partial charge is 0.252 e. The lowest BCUT2D eigenvalue weighted by atomic mass is 9.90. The van der Waals surface area contributed by atoms with Gasteiger partial charge in [0.15, 0.2) is 0 Å². The Morgan fingerprint density at radius 3 is 2.38 bits per heavy atom. The number of hydrogen-bond acceptors (Lipinski definition) is 7. The van der Waals surface area contributed by atoms with Gasteiger partial charge in [-0.15, -0.1) is 0 Å². The number of primary amides is 1. The summed E-state index contributed by atoms with van der Waals surface area (Å²) >= 11 is 0. The molecule has 0 heterocycles. The summed E-state index contributed by atoms with van der Waals surface area (Å²) in [5.74, 6) is -0.300. The predicted molar refractivity (Wildman–Crippen MR) is 113 cm³/mol. The summed E-state index contributed by atoms with van der Waals surface area (Å²) in [6.07, 6.45) is 5.89. The molecule has 3 rings (SSSR count). The zero-order valence-corrected chi connectivity index (χ0v) is 18.3. The highest BCUT2D eigenvalue weighted by atomic mass is 31.2. The van der Waals surface area contributed by atoms with Gasteiger partial charge in [0.1, 0.15) is 19.3 Å². The maximum absolute atomic E-state index is 12.3. The number of benzene rings is 2. The number of phosphoric ester groups is 1. The fourth-order valence-electron chi connectivity index (χ4n) is 3.65. The topological polar surface area (TPSA) is 154 Å². The Hall–Kier alpha value is -2.87. The molecule has 172 valence electrons. The molecule has 0 bridgehead atoms. The molecule has 0 unspecified atom stereocenters. The van der Waals surface area contributed by atoms with E-state index in [1.165, 1.54) is 43.5 Å². The summed E-state index contributed by atoms with van der Waals surface area (Å²) in [7, 11) is -5.16. The zero-order valence-electron chi connectivity index (χ0n) is 17.5. The maximum atomic E-state index is 12.3. The number of phosphoric acid groups is 1. The highest BCUT2D eigenvalue weighted by Crippen LogP contribution is 2.29. The number of ether oxygens (including phenoxy) is 1. The molecule has 0 radical (unpaired) electrons. The number of carbonyl (C=O) groups is 2. The highest BCUT2D eigenvalue weighted by molar-refractivity contribution is 7.43. The first-order valence-corrected chi connectivity index (χ1v) is 11.8. The van der Waals surface area contributed by atoms with Crippen LogP contribution >= 0.6 is 7.82 Å². The average molecular weight is 460 g/mol. The number of carbonyl (C=O) groups excluding carboxylic acids is 2. The molecular weight excluding hydrogens is 435 g/mol. The molecule has 0 atom stereocenters. The number of rotatable bonds is 9. The van der Waals surface area contributed by atoms with Crippen LogP contribution in [0.15, 0.2) is 42.5 Å². The Morgan fingerprint density at radius 2 is 1.75 bits per heavy atom. The van der Waals surface area contributed by atoms with E-state index >= 15 is 0 Å². The van der Waals surface area contributed by atoms with Crippen LogP contribution in [-0.2, 0) is 11.1 Å². The van der Waals surface area contributed by atoms with Crippen LogP contribution in [0, 0.1) is 5.92 Å². The van der Waals surface area contributed by atoms with Crippen molar-refractivity contribution in [1.82, 2.24) is 5.32 Å². The van der Waals surface area contributed by atoms with Crippen molar-refractivity contribution in [2.45, 2.75) is 38.6 Å². The van der Waals surface area contributed by atoms with E-state index in [1.807, 2.05) is 0 Å². The minimum absolute atomic E-state index is 0.136. The molecule has 1 aliphatic rings. The van der Waals surface area contributed by atoms with Gasteiger partial charge in [0.2, 0.25) is 0 Å². The predicted octanol–water partition coefficient (Wildman–Crippen LogP) is 1.88. The van der Waals surface area contributed by atoms with Gasteiger partial charge in [-0.05, 0) is 60.7 Å². The summed E-state index contributed by atoms with van der Waals surface area (Å²) in [6, 6.07) is 10.1. The first-order chi connectivity index (χ1) is 15.2. The van der Waals surface area contributed by atoms with E-state index in [4.69, 9.17) is 10.5 Å². The van der Waals surface area contributed by atoms with Gasteiger partial charge >= 0.3 is 0 Å². The maximum Gasteiger partial charge on any atom is 0.252 e. The normalized spacial score (nSPS) is 14.6. The molecule has 2 amide bonds. The first-order valence-electron chi connectivity index (χ1n) is 10.4. The zero-order chi connectivity index (χ0) is 23.1. The average Bonchev–Trinajstić information content (AvgIpc) is 2.76. The van der Waals surface area contributed by atoms with E-state index in [-0.39, 0.29) is 23.4 Å². The summed E-state index contributed by atoms with van der Waals surface area (Å²) in [5.41, 5.74) is 6.68. The fraction of sp³-hybridized carbons (Fsp3) is 0.364. The van der Waals surface area contributed by atoms with Crippen molar-refractivity contribution >= 4 is 19.6 Å². The third kappa shape index (κ3) is 7.09. The van der Waals surface area contributed by atoms with Crippen molar-refractivity contribution < 1.29 is 33.2 Å². The Labute approximate surface area is 186 Å². The van der Waals surface area contributed by atoms with Gasteiger partial charge in [-0.1, -0.05) is 25.3 Å². The van der Waals surface area contributed by atoms with Gasteiger partial charge in [-0.3, -0.25) is 9.59 Å². The quantitative estimate of drug-likeness (QED) is 0.542. The second-order valence-corrected chi connectivity index (χ2v) is 8.83. The molecule has 9 nitrogen and oxygen atoms in total. The fourth-order valence-corrected chi connectivity index (χ4v) is 4.03. The molecule has 2 aromatic rings. The number of nitrogens with two attached hydrogens (primary N) is 1. The Kier molecular flexibility index (Phi) is 7.90. The minimum Gasteiger partial charge on any atom is -0.780 e. The van der Waals surface area contributed by atoms with Crippen LogP contribution in [-0.4, -0.2) is 18.4 Å². The standard InChI is InChI=1S/C22H27N2O7P/c23-21(25)19-12-16(6-11-20(19)30-14-15-4-2-1-3-5-15)13-24-22(26)17-7-9-18(10-8-17)31-32(27,28)29/h6-12,15H,1-5,13-14H2,(H2,23,25)(H,24,26)(H2,27,28,29)/p-2. The summed E-state index contributed by atoms with van der Waals surface area (Å²) in [5, 5.41) is 2.70. The van der Waals surface area contributed by atoms with Crippen LogP contribution in [0.2, 0.25) is 0 Å².